The van der Waals surface area contributed by atoms with E-state index < -0.39 is 18.0 Å². The van der Waals surface area contributed by atoms with Gasteiger partial charge >= 0.3 is 5.97 Å². The van der Waals surface area contributed by atoms with Gasteiger partial charge in [-0.2, -0.15) is 5.48 Å². The van der Waals surface area contributed by atoms with Crippen LogP contribution in [0.15, 0.2) is 48.7 Å². The van der Waals surface area contributed by atoms with Gasteiger partial charge in [-0.25, -0.2) is 9.97 Å². The second-order valence-corrected chi connectivity index (χ2v) is 6.17. The molecule has 1 atom stereocenters. The Hall–Kier alpha value is -3.39. The van der Waals surface area contributed by atoms with Crippen LogP contribution in [0.1, 0.15) is 13.8 Å². The van der Waals surface area contributed by atoms with Crippen LogP contribution in [0.25, 0.3) is 11.0 Å². The summed E-state index contributed by atoms with van der Waals surface area (Å²) in [5.74, 6) is 0.0635. The maximum absolute atomic E-state index is 11.7. The monoisotopic (exact) mass is 401 g/mol. The number of amides is 1. The molecule has 0 radical (unpaired) electrons. The number of halogens is 1. The Morgan fingerprint density at radius 3 is 2.50 bits per heavy atom. The van der Waals surface area contributed by atoms with Crippen molar-refractivity contribution in [2.45, 2.75) is 20.0 Å². The summed E-state index contributed by atoms with van der Waals surface area (Å²) in [5, 5.41) is 0.562. The molecule has 0 aliphatic rings. The van der Waals surface area contributed by atoms with Gasteiger partial charge in [0.1, 0.15) is 11.5 Å². The van der Waals surface area contributed by atoms with E-state index >= 15 is 0 Å². The lowest BCUT2D eigenvalue weighted by Crippen LogP contribution is -2.37. The van der Waals surface area contributed by atoms with Crippen LogP contribution < -0.4 is 15.0 Å². The van der Waals surface area contributed by atoms with Crippen molar-refractivity contribution in [1.82, 2.24) is 15.4 Å². The quantitative estimate of drug-likeness (QED) is 0.653. The minimum Gasteiger partial charge on any atom is -0.481 e. The SMILES string of the molecule is CC(=O)ONC(=O)C(C)Oc1ccc(Oc2cnc3ccc(Cl)cc3n2)cc1. The third-order valence-electron chi connectivity index (χ3n) is 3.51. The van der Waals surface area contributed by atoms with Crippen molar-refractivity contribution in [2.24, 2.45) is 0 Å². The number of fused-ring (bicyclic) bond motifs is 1. The summed E-state index contributed by atoms with van der Waals surface area (Å²) in [6, 6.07) is 11.8. The molecular formula is C19H16ClN3O5. The van der Waals surface area contributed by atoms with E-state index in [2.05, 4.69) is 14.8 Å². The van der Waals surface area contributed by atoms with E-state index in [1.165, 1.54) is 20.0 Å². The molecule has 3 aromatic rings. The molecule has 0 saturated carbocycles. The standard InChI is InChI=1S/C19H16ClN3O5/c1-11(19(25)23-28-12(2)24)26-14-4-6-15(7-5-14)27-18-10-21-16-8-3-13(20)9-17(16)22-18/h3-11H,1-2H3,(H,23,25). The van der Waals surface area contributed by atoms with E-state index in [0.29, 0.717) is 33.4 Å². The Balaban J connectivity index is 1.62. The molecule has 28 heavy (non-hydrogen) atoms. The maximum Gasteiger partial charge on any atom is 0.329 e. The highest BCUT2D eigenvalue weighted by atomic mass is 35.5. The van der Waals surface area contributed by atoms with Crippen LogP contribution in [0.2, 0.25) is 5.02 Å². The Bertz CT molecular complexity index is 1010. The fourth-order valence-electron chi connectivity index (χ4n) is 2.19. The largest absolute Gasteiger partial charge is 0.481 e. The maximum atomic E-state index is 11.7. The summed E-state index contributed by atoms with van der Waals surface area (Å²) in [5.41, 5.74) is 3.33. The lowest BCUT2D eigenvalue weighted by molar-refractivity contribution is -0.158. The molecule has 1 heterocycles. The molecular weight excluding hydrogens is 386 g/mol. The number of hydroxylamine groups is 1. The number of hydrogen-bond donors (Lipinski definition) is 1. The molecule has 0 aliphatic heterocycles. The van der Waals surface area contributed by atoms with Gasteiger partial charge in [0.2, 0.25) is 5.88 Å². The van der Waals surface area contributed by atoms with Gasteiger partial charge in [-0.3, -0.25) is 9.59 Å². The van der Waals surface area contributed by atoms with Crippen LogP contribution in [-0.4, -0.2) is 27.9 Å². The molecule has 1 aromatic heterocycles. The summed E-state index contributed by atoms with van der Waals surface area (Å²) >= 11 is 5.97. The number of benzene rings is 2. The van der Waals surface area contributed by atoms with Gasteiger partial charge in [0, 0.05) is 11.9 Å². The average molecular weight is 402 g/mol. The van der Waals surface area contributed by atoms with Crippen molar-refractivity contribution in [3.8, 4) is 17.4 Å². The zero-order valence-electron chi connectivity index (χ0n) is 15.0. The Morgan fingerprint density at radius 2 is 1.79 bits per heavy atom. The summed E-state index contributed by atoms with van der Waals surface area (Å²) in [4.78, 5) is 35.5. The van der Waals surface area contributed by atoms with Crippen molar-refractivity contribution in [3.05, 3.63) is 53.7 Å². The number of aromatic nitrogens is 2. The first-order valence-electron chi connectivity index (χ1n) is 8.25. The molecule has 1 N–H and O–H groups in total. The number of nitrogens with zero attached hydrogens (tertiary/aromatic N) is 2. The van der Waals surface area contributed by atoms with Gasteiger partial charge in [0.15, 0.2) is 6.10 Å². The highest BCUT2D eigenvalue weighted by molar-refractivity contribution is 6.31. The summed E-state index contributed by atoms with van der Waals surface area (Å²) in [6.45, 7) is 2.71. The van der Waals surface area contributed by atoms with E-state index in [0.717, 1.165) is 0 Å². The minimum absolute atomic E-state index is 0.317. The Labute approximate surface area is 165 Å². The van der Waals surface area contributed by atoms with Crippen molar-refractivity contribution in [2.75, 3.05) is 0 Å². The minimum atomic E-state index is -0.859. The first-order chi connectivity index (χ1) is 13.4. The highest BCUT2D eigenvalue weighted by Crippen LogP contribution is 2.24. The number of carbonyl (C=O) groups is 2. The first-order valence-corrected chi connectivity index (χ1v) is 8.62. The van der Waals surface area contributed by atoms with Crippen molar-refractivity contribution in [3.63, 3.8) is 0 Å². The smallest absolute Gasteiger partial charge is 0.329 e. The van der Waals surface area contributed by atoms with E-state index in [4.69, 9.17) is 21.1 Å². The topological polar surface area (TPSA) is 99.6 Å². The summed E-state index contributed by atoms with van der Waals surface area (Å²) in [6.07, 6.45) is 0.657. The molecule has 1 unspecified atom stereocenters. The second kappa shape index (κ2) is 8.53. The van der Waals surface area contributed by atoms with Gasteiger partial charge in [-0.15, -0.1) is 0 Å². The van der Waals surface area contributed by atoms with E-state index in [-0.39, 0.29) is 0 Å². The third kappa shape index (κ3) is 5.08. The van der Waals surface area contributed by atoms with Gasteiger partial charge in [-0.05, 0) is 49.4 Å². The van der Waals surface area contributed by atoms with E-state index in [1.54, 1.807) is 42.5 Å². The van der Waals surface area contributed by atoms with Crippen LogP contribution in [0.5, 0.6) is 17.4 Å². The third-order valence-corrected chi connectivity index (χ3v) is 3.74. The summed E-state index contributed by atoms with van der Waals surface area (Å²) < 4.78 is 11.2. The zero-order chi connectivity index (χ0) is 20.1. The molecule has 2 aromatic carbocycles. The average Bonchev–Trinajstić information content (AvgIpc) is 2.67. The van der Waals surface area contributed by atoms with Crippen molar-refractivity contribution >= 4 is 34.5 Å². The lowest BCUT2D eigenvalue weighted by atomic mass is 10.3. The van der Waals surface area contributed by atoms with Crippen LogP contribution in [-0.2, 0) is 14.4 Å². The van der Waals surface area contributed by atoms with Crippen LogP contribution in [0.4, 0.5) is 0 Å². The number of nitrogens with one attached hydrogen (secondary N) is 1. The molecule has 0 saturated heterocycles. The summed E-state index contributed by atoms with van der Waals surface area (Å²) in [7, 11) is 0. The number of rotatable bonds is 5. The van der Waals surface area contributed by atoms with Crippen molar-refractivity contribution < 1.29 is 23.9 Å². The first kappa shape index (κ1) is 19.4. The Kier molecular flexibility index (Phi) is 5.90. The van der Waals surface area contributed by atoms with E-state index in [9.17, 15) is 9.59 Å². The van der Waals surface area contributed by atoms with Crippen LogP contribution in [0, 0.1) is 0 Å². The van der Waals surface area contributed by atoms with Crippen LogP contribution in [0.3, 0.4) is 0 Å². The predicted octanol–water partition coefficient (Wildman–Crippen LogP) is 3.44. The Morgan fingerprint density at radius 1 is 1.07 bits per heavy atom. The number of carbonyl (C=O) groups excluding carboxylic acids is 2. The molecule has 0 spiro atoms. The van der Waals surface area contributed by atoms with Gasteiger partial charge < -0.3 is 14.3 Å². The van der Waals surface area contributed by atoms with Gasteiger partial charge in [0.25, 0.3) is 5.91 Å². The zero-order valence-corrected chi connectivity index (χ0v) is 15.8. The molecule has 3 rings (SSSR count). The molecule has 0 fully saturated rings. The van der Waals surface area contributed by atoms with Crippen molar-refractivity contribution in [1.29, 1.82) is 0 Å². The molecule has 8 nitrogen and oxygen atoms in total. The lowest BCUT2D eigenvalue weighted by Gasteiger charge is -2.14. The fourth-order valence-corrected chi connectivity index (χ4v) is 2.35. The number of hydrogen-bond acceptors (Lipinski definition) is 7. The molecule has 144 valence electrons. The van der Waals surface area contributed by atoms with E-state index in [1.807, 2.05) is 5.48 Å². The van der Waals surface area contributed by atoms with Gasteiger partial charge in [0.05, 0.1) is 17.2 Å². The molecule has 0 aliphatic carbocycles. The molecule has 1 amide bonds. The number of ether oxygens (including phenoxy) is 2. The predicted molar refractivity (Wildman–Crippen MR) is 101 cm³/mol. The van der Waals surface area contributed by atoms with Crippen LogP contribution >= 0.6 is 11.6 Å². The fraction of sp³-hybridized carbons (Fsp3) is 0.158. The normalized spacial score (nSPS) is 11.5. The molecule has 0 bridgehead atoms. The van der Waals surface area contributed by atoms with Gasteiger partial charge in [-0.1, -0.05) is 11.6 Å². The molecule has 9 heteroatoms. The highest BCUT2D eigenvalue weighted by Gasteiger charge is 2.15. The second-order valence-electron chi connectivity index (χ2n) is 5.73.